The topological polar surface area (TPSA) is 232 Å². The molecule has 0 bridgehead atoms. The number of benzene rings is 3. The molecular formula is C41H50ClFN8O6. The lowest BCUT2D eigenvalue weighted by atomic mass is 9.99. The van der Waals surface area contributed by atoms with Gasteiger partial charge in [0.15, 0.2) is 5.96 Å². The van der Waals surface area contributed by atoms with Gasteiger partial charge in [0, 0.05) is 37.4 Å². The van der Waals surface area contributed by atoms with Crippen molar-refractivity contribution in [3.05, 3.63) is 112 Å². The fraction of sp³-hybridized carbons (Fsp3) is 0.341. The predicted molar refractivity (Wildman–Crippen MR) is 216 cm³/mol. The van der Waals surface area contributed by atoms with E-state index in [4.69, 9.17) is 28.8 Å². The summed E-state index contributed by atoms with van der Waals surface area (Å²) in [5, 5.41) is 8.47. The van der Waals surface area contributed by atoms with Crippen LogP contribution in [-0.2, 0) is 41.6 Å². The van der Waals surface area contributed by atoms with Gasteiger partial charge in [-0.2, -0.15) is 0 Å². The van der Waals surface area contributed by atoms with Gasteiger partial charge in [-0.25, -0.2) is 4.39 Å². The Bertz CT molecular complexity index is 1900. The van der Waals surface area contributed by atoms with E-state index >= 15 is 0 Å². The van der Waals surface area contributed by atoms with Crippen LogP contribution in [0.15, 0.2) is 89.9 Å². The van der Waals surface area contributed by atoms with E-state index in [-0.39, 0.29) is 44.1 Å². The fourth-order valence-corrected chi connectivity index (χ4v) is 5.98. The molecule has 9 N–H and O–H groups in total. The van der Waals surface area contributed by atoms with Gasteiger partial charge in [0.1, 0.15) is 30.0 Å². The Morgan fingerprint density at radius 1 is 0.772 bits per heavy atom. The van der Waals surface area contributed by atoms with E-state index in [1.54, 1.807) is 54.6 Å². The Labute approximate surface area is 336 Å². The van der Waals surface area contributed by atoms with Crippen LogP contribution < -0.4 is 33.2 Å². The number of imide groups is 1. The molecule has 0 radical (unpaired) electrons. The van der Waals surface area contributed by atoms with E-state index in [0.717, 1.165) is 17.9 Å². The third kappa shape index (κ3) is 15.5. The number of hydrogen-bond donors (Lipinski definition) is 6. The molecule has 4 atom stereocenters. The highest BCUT2D eigenvalue weighted by atomic mass is 35.5. The number of primary amides is 1. The summed E-state index contributed by atoms with van der Waals surface area (Å²) >= 11 is 6.11. The summed E-state index contributed by atoms with van der Waals surface area (Å²) in [6.45, 7) is 4.99. The number of amides is 6. The van der Waals surface area contributed by atoms with Crippen molar-refractivity contribution in [3.63, 3.8) is 0 Å². The molecule has 3 rings (SSSR count). The highest BCUT2D eigenvalue weighted by Gasteiger charge is 2.36. The third-order valence-corrected chi connectivity index (χ3v) is 8.93. The van der Waals surface area contributed by atoms with Crippen molar-refractivity contribution in [2.45, 2.75) is 77.0 Å². The summed E-state index contributed by atoms with van der Waals surface area (Å²) in [5.41, 5.74) is 18.0. The Morgan fingerprint density at radius 2 is 1.33 bits per heavy atom. The van der Waals surface area contributed by atoms with Crippen LogP contribution in [0.4, 0.5) is 4.39 Å². The smallest absolute Gasteiger partial charge is 0.253 e. The maximum absolute atomic E-state index is 14.4. The molecule has 14 nitrogen and oxygen atoms in total. The number of rotatable bonds is 20. The number of guanidine groups is 1. The van der Waals surface area contributed by atoms with Crippen LogP contribution >= 0.6 is 11.6 Å². The molecule has 6 amide bonds. The average Bonchev–Trinajstić information content (AvgIpc) is 3.15. The highest BCUT2D eigenvalue weighted by Crippen LogP contribution is 2.16. The molecule has 0 aliphatic rings. The maximum atomic E-state index is 14.4. The van der Waals surface area contributed by atoms with Gasteiger partial charge < -0.3 is 33.2 Å². The number of hydrogen-bond acceptors (Lipinski definition) is 7. The largest absolute Gasteiger partial charge is 0.370 e. The quantitative estimate of drug-likeness (QED) is 0.0429. The minimum atomic E-state index is -1.49. The molecule has 0 aromatic heterocycles. The van der Waals surface area contributed by atoms with Crippen molar-refractivity contribution in [2.24, 2.45) is 28.1 Å². The average molecular weight is 805 g/mol. The number of nitrogens with one attached hydrogen (secondary N) is 3. The van der Waals surface area contributed by atoms with E-state index in [1.165, 1.54) is 30.3 Å². The SMILES string of the molecule is CC(=O)N(C(=O)/C=C/c1ccccc1)C(Cc1ccc(F)cc1)C(=O)NC(Cc1ccc(Cl)cc1)C(=O)NC(CC(C)C)C(=O)NC(CCCN=C(N)N)C(N)=O. The van der Waals surface area contributed by atoms with Gasteiger partial charge in [-0.05, 0) is 72.2 Å². The molecule has 304 valence electrons. The van der Waals surface area contributed by atoms with Crippen molar-refractivity contribution in [2.75, 3.05) is 6.54 Å². The Kier molecular flexibility index (Phi) is 17.8. The van der Waals surface area contributed by atoms with Crippen LogP contribution in [0.25, 0.3) is 6.08 Å². The van der Waals surface area contributed by atoms with E-state index in [9.17, 15) is 33.2 Å². The number of carbonyl (C=O) groups excluding carboxylic acids is 6. The Balaban J connectivity index is 1.98. The minimum absolute atomic E-state index is 0.0926. The molecule has 0 aliphatic heterocycles. The zero-order valence-electron chi connectivity index (χ0n) is 32.1. The number of carbonyl (C=O) groups is 6. The van der Waals surface area contributed by atoms with Crippen molar-refractivity contribution in [1.82, 2.24) is 20.9 Å². The van der Waals surface area contributed by atoms with E-state index < -0.39 is 65.4 Å². The fourth-order valence-electron chi connectivity index (χ4n) is 5.86. The van der Waals surface area contributed by atoms with Crippen LogP contribution in [0.5, 0.6) is 0 Å². The zero-order chi connectivity index (χ0) is 42.1. The molecule has 0 saturated heterocycles. The van der Waals surface area contributed by atoms with E-state index in [1.807, 2.05) is 13.8 Å². The van der Waals surface area contributed by atoms with Crippen LogP contribution in [0.3, 0.4) is 0 Å². The van der Waals surface area contributed by atoms with Crippen LogP contribution in [-0.4, -0.2) is 77.0 Å². The van der Waals surface area contributed by atoms with Crippen LogP contribution in [0.2, 0.25) is 5.02 Å². The predicted octanol–water partition coefficient (Wildman–Crippen LogP) is 2.76. The summed E-state index contributed by atoms with van der Waals surface area (Å²) in [7, 11) is 0. The van der Waals surface area contributed by atoms with Crippen molar-refractivity contribution < 1.29 is 33.2 Å². The number of nitrogens with zero attached hydrogens (tertiary/aromatic N) is 2. The van der Waals surface area contributed by atoms with Gasteiger partial charge in [-0.15, -0.1) is 0 Å². The molecule has 0 aliphatic carbocycles. The first-order valence-corrected chi connectivity index (χ1v) is 18.7. The second-order valence-electron chi connectivity index (χ2n) is 13.8. The van der Waals surface area contributed by atoms with Gasteiger partial charge in [-0.1, -0.05) is 80.0 Å². The second kappa shape index (κ2) is 22.5. The number of nitrogens with two attached hydrogens (primary N) is 3. The first kappa shape index (κ1) is 45.3. The molecule has 0 saturated carbocycles. The van der Waals surface area contributed by atoms with E-state index in [2.05, 4.69) is 20.9 Å². The first-order valence-electron chi connectivity index (χ1n) is 18.4. The van der Waals surface area contributed by atoms with Crippen LogP contribution in [0.1, 0.15) is 56.7 Å². The molecular weight excluding hydrogens is 755 g/mol. The summed E-state index contributed by atoms with van der Waals surface area (Å²) in [6.07, 6.45) is 2.93. The Hall–Kier alpha value is -6.09. The van der Waals surface area contributed by atoms with Crippen molar-refractivity contribution >= 4 is 59.1 Å². The lowest BCUT2D eigenvalue weighted by Crippen LogP contribution is -2.59. The molecule has 0 heterocycles. The van der Waals surface area contributed by atoms with Gasteiger partial charge >= 0.3 is 0 Å². The Morgan fingerprint density at radius 3 is 1.91 bits per heavy atom. The number of aliphatic imine (C=N–C) groups is 1. The number of halogens is 2. The van der Waals surface area contributed by atoms with Crippen molar-refractivity contribution in [3.8, 4) is 0 Å². The summed E-state index contributed by atoms with van der Waals surface area (Å²) in [4.78, 5) is 85.9. The molecule has 3 aromatic carbocycles. The van der Waals surface area contributed by atoms with Gasteiger partial charge in [0.05, 0.1) is 0 Å². The lowest BCUT2D eigenvalue weighted by molar-refractivity contribution is -0.148. The van der Waals surface area contributed by atoms with Gasteiger partial charge in [0.2, 0.25) is 29.5 Å². The van der Waals surface area contributed by atoms with Gasteiger partial charge in [-0.3, -0.25) is 38.7 Å². The molecule has 57 heavy (non-hydrogen) atoms. The van der Waals surface area contributed by atoms with Gasteiger partial charge in [0.25, 0.3) is 5.91 Å². The minimum Gasteiger partial charge on any atom is -0.370 e. The maximum Gasteiger partial charge on any atom is 0.253 e. The summed E-state index contributed by atoms with van der Waals surface area (Å²) in [6, 6.07) is 15.5. The highest BCUT2D eigenvalue weighted by molar-refractivity contribution is 6.30. The molecule has 0 spiro atoms. The van der Waals surface area contributed by atoms with E-state index in [0.29, 0.717) is 28.1 Å². The first-order chi connectivity index (χ1) is 27.0. The normalized spacial score (nSPS) is 13.2. The zero-order valence-corrected chi connectivity index (χ0v) is 32.9. The summed E-state index contributed by atoms with van der Waals surface area (Å²) in [5.74, 6) is -5.46. The molecule has 16 heteroatoms. The molecule has 0 fully saturated rings. The second-order valence-corrected chi connectivity index (χ2v) is 14.2. The standard InChI is InChI=1S/C41H50ClFN8O6/c1-25(2)22-33(38(55)48-32(37(44)54)10-7-21-47-41(45)46)49-39(56)34(23-28-11-16-30(42)17-12-28)50-40(57)35(24-29-13-18-31(43)19-14-29)51(26(3)52)36(53)20-15-27-8-5-4-6-9-27/h4-6,8-9,11-20,25,32-35H,7,10,21-24H2,1-3H3,(H2,44,54)(H,48,55)(H,49,56)(H,50,57)(H4,45,46,47)/b20-15+. The third-order valence-electron chi connectivity index (χ3n) is 8.68. The van der Waals surface area contributed by atoms with Crippen LogP contribution in [0, 0.1) is 11.7 Å². The monoisotopic (exact) mass is 804 g/mol. The van der Waals surface area contributed by atoms with Crippen molar-refractivity contribution in [1.29, 1.82) is 0 Å². The molecule has 4 unspecified atom stereocenters. The molecule has 3 aromatic rings. The summed E-state index contributed by atoms with van der Waals surface area (Å²) < 4.78 is 13.9. The lowest BCUT2D eigenvalue weighted by Gasteiger charge is -2.30.